The molecule has 1 saturated heterocycles. The molecule has 2 atom stereocenters. The van der Waals surface area contributed by atoms with Gasteiger partial charge in [-0.05, 0) is 41.3 Å². The number of nitrogens with zero attached hydrogens (tertiary/aromatic N) is 1. The van der Waals surface area contributed by atoms with Gasteiger partial charge in [-0.3, -0.25) is 4.79 Å². The van der Waals surface area contributed by atoms with Crippen molar-refractivity contribution in [3.8, 4) is 0 Å². The van der Waals surface area contributed by atoms with Crippen LogP contribution in [-0.4, -0.2) is 40.6 Å². The molecule has 160 valence electrons. The third-order valence-electron chi connectivity index (χ3n) is 6.17. The van der Waals surface area contributed by atoms with Crippen molar-refractivity contribution >= 4 is 27.3 Å². The van der Waals surface area contributed by atoms with Crippen molar-refractivity contribution < 1.29 is 17.9 Å². The molecule has 4 rings (SSSR count). The second kappa shape index (κ2) is 7.68. The molecule has 8 heteroatoms. The summed E-state index contributed by atoms with van der Waals surface area (Å²) in [4.78, 5) is 15.3. The number of nitrogens with one attached hydrogen (secondary N) is 1. The van der Waals surface area contributed by atoms with Crippen LogP contribution < -0.4 is 15.4 Å². The summed E-state index contributed by atoms with van der Waals surface area (Å²) in [6, 6.07) is 14.4. The molecule has 7 nitrogen and oxygen atoms in total. The Morgan fingerprint density at radius 1 is 1.13 bits per heavy atom. The van der Waals surface area contributed by atoms with Crippen LogP contribution in [0.15, 0.2) is 53.4 Å². The summed E-state index contributed by atoms with van der Waals surface area (Å²) in [5.41, 5.74) is 2.57. The van der Waals surface area contributed by atoms with E-state index in [1.807, 2.05) is 24.3 Å². The first-order chi connectivity index (χ1) is 14.2. The summed E-state index contributed by atoms with van der Waals surface area (Å²) in [5.74, 6) is -0.195. The quantitative estimate of drug-likeness (QED) is 0.761. The van der Waals surface area contributed by atoms with Gasteiger partial charge in [-0.1, -0.05) is 32.0 Å². The molecule has 1 heterocycles. The van der Waals surface area contributed by atoms with E-state index in [0.29, 0.717) is 13.2 Å². The van der Waals surface area contributed by atoms with Gasteiger partial charge in [0.1, 0.15) is 0 Å². The van der Waals surface area contributed by atoms with E-state index in [-0.39, 0.29) is 28.1 Å². The molecule has 0 bridgehead atoms. The molecular weight excluding hydrogens is 402 g/mol. The lowest BCUT2D eigenvalue weighted by molar-refractivity contribution is -0.118. The van der Waals surface area contributed by atoms with E-state index in [1.54, 1.807) is 12.1 Å². The number of carbonyl (C=O) groups is 1. The minimum atomic E-state index is -3.73. The number of benzene rings is 2. The fraction of sp³-hybridized carbons (Fsp3) is 0.409. The van der Waals surface area contributed by atoms with Crippen molar-refractivity contribution in [2.75, 3.05) is 36.5 Å². The zero-order chi connectivity index (χ0) is 21.5. The summed E-state index contributed by atoms with van der Waals surface area (Å²) in [5, 5.41) is 8.24. The molecule has 1 aliphatic heterocycles. The average molecular weight is 430 g/mol. The SMILES string of the molecule is CC1(C)C(C(=O)Nc2cccc(N3CCOCC3)c2)C1c1ccc(S(N)(=O)=O)cc1. The number of hydrogen-bond acceptors (Lipinski definition) is 5. The zero-order valence-electron chi connectivity index (χ0n) is 17.2. The molecule has 3 N–H and O–H groups in total. The summed E-state index contributed by atoms with van der Waals surface area (Å²) >= 11 is 0. The Morgan fingerprint density at radius 2 is 1.80 bits per heavy atom. The smallest absolute Gasteiger partial charge is 0.238 e. The Morgan fingerprint density at radius 3 is 2.43 bits per heavy atom. The second-order valence-electron chi connectivity index (χ2n) is 8.53. The van der Waals surface area contributed by atoms with Crippen molar-refractivity contribution in [3.63, 3.8) is 0 Å². The molecule has 1 saturated carbocycles. The highest BCUT2D eigenvalue weighted by molar-refractivity contribution is 7.89. The number of amides is 1. The zero-order valence-corrected chi connectivity index (χ0v) is 18.0. The number of hydrogen-bond donors (Lipinski definition) is 2. The molecule has 2 unspecified atom stereocenters. The fourth-order valence-corrected chi connectivity index (χ4v) is 4.95. The van der Waals surface area contributed by atoms with Crippen LogP contribution in [0.4, 0.5) is 11.4 Å². The van der Waals surface area contributed by atoms with Crippen molar-refractivity contribution in [2.24, 2.45) is 16.5 Å². The van der Waals surface area contributed by atoms with Crippen LogP contribution in [0.5, 0.6) is 0 Å². The molecule has 2 aliphatic rings. The first-order valence-electron chi connectivity index (χ1n) is 10.0. The predicted molar refractivity (Wildman–Crippen MR) is 116 cm³/mol. The number of nitrogens with two attached hydrogens (primary N) is 1. The van der Waals surface area contributed by atoms with Gasteiger partial charge in [0.05, 0.1) is 24.0 Å². The van der Waals surface area contributed by atoms with Crippen molar-refractivity contribution in [2.45, 2.75) is 24.7 Å². The van der Waals surface area contributed by atoms with Crippen LogP contribution in [0.3, 0.4) is 0 Å². The molecule has 2 aromatic rings. The summed E-state index contributed by atoms with van der Waals surface area (Å²) in [6.45, 7) is 7.20. The van der Waals surface area contributed by atoms with Crippen LogP contribution in [0, 0.1) is 11.3 Å². The number of anilines is 2. The highest BCUT2D eigenvalue weighted by Gasteiger charge is 2.62. The second-order valence-corrected chi connectivity index (χ2v) is 10.1. The largest absolute Gasteiger partial charge is 0.378 e. The summed E-state index contributed by atoms with van der Waals surface area (Å²) in [7, 11) is -3.73. The summed E-state index contributed by atoms with van der Waals surface area (Å²) < 4.78 is 28.4. The maximum atomic E-state index is 13.0. The molecule has 1 amide bonds. The first kappa shape index (κ1) is 20.8. The van der Waals surface area contributed by atoms with Crippen LogP contribution in [-0.2, 0) is 19.6 Å². The van der Waals surface area contributed by atoms with Gasteiger partial charge in [0.25, 0.3) is 0 Å². The Hall–Kier alpha value is -2.42. The Kier molecular flexibility index (Phi) is 5.34. The maximum absolute atomic E-state index is 13.0. The van der Waals surface area contributed by atoms with E-state index in [0.717, 1.165) is 30.0 Å². The lowest BCUT2D eigenvalue weighted by atomic mass is 10.0. The van der Waals surface area contributed by atoms with Crippen LogP contribution in [0.25, 0.3) is 0 Å². The number of morpholine rings is 1. The van der Waals surface area contributed by atoms with E-state index >= 15 is 0 Å². The third-order valence-corrected chi connectivity index (χ3v) is 7.10. The Balaban J connectivity index is 1.47. The normalized spacial score (nSPS) is 23.1. The molecule has 0 aromatic heterocycles. The van der Waals surface area contributed by atoms with Gasteiger partial charge in [-0.25, -0.2) is 13.6 Å². The van der Waals surface area contributed by atoms with Gasteiger partial charge < -0.3 is 15.0 Å². The third kappa shape index (κ3) is 4.08. The minimum absolute atomic E-state index is 0.0226. The number of carbonyl (C=O) groups excluding carboxylic acids is 1. The van der Waals surface area contributed by atoms with E-state index in [1.165, 1.54) is 12.1 Å². The minimum Gasteiger partial charge on any atom is -0.378 e. The molecule has 1 aliphatic carbocycles. The van der Waals surface area contributed by atoms with Gasteiger partial charge >= 0.3 is 0 Å². The Bertz CT molecular complexity index is 1040. The topological polar surface area (TPSA) is 102 Å². The number of primary sulfonamides is 1. The molecule has 30 heavy (non-hydrogen) atoms. The average Bonchev–Trinajstić information content (AvgIpc) is 3.30. The maximum Gasteiger partial charge on any atom is 0.238 e. The van der Waals surface area contributed by atoms with Crippen LogP contribution in [0.1, 0.15) is 25.3 Å². The standard InChI is InChI=1S/C22H27N3O4S/c1-22(2)19(15-6-8-18(9-7-15)30(23,27)28)20(22)21(26)24-16-4-3-5-17(14-16)25-10-12-29-13-11-25/h3-9,14,19-20H,10-13H2,1-2H3,(H,24,26)(H2,23,27,28). The van der Waals surface area contributed by atoms with Gasteiger partial charge in [0.15, 0.2) is 0 Å². The first-order valence-corrected chi connectivity index (χ1v) is 11.6. The summed E-state index contributed by atoms with van der Waals surface area (Å²) in [6.07, 6.45) is 0. The lowest BCUT2D eigenvalue weighted by Crippen LogP contribution is -2.36. The van der Waals surface area contributed by atoms with E-state index in [9.17, 15) is 13.2 Å². The molecule has 0 spiro atoms. The van der Waals surface area contributed by atoms with E-state index in [2.05, 4.69) is 24.1 Å². The van der Waals surface area contributed by atoms with E-state index < -0.39 is 10.0 Å². The fourth-order valence-electron chi connectivity index (χ4n) is 4.44. The molecule has 2 aromatic carbocycles. The number of sulfonamides is 1. The lowest BCUT2D eigenvalue weighted by Gasteiger charge is -2.29. The van der Waals surface area contributed by atoms with E-state index in [4.69, 9.17) is 9.88 Å². The van der Waals surface area contributed by atoms with Crippen molar-refractivity contribution in [1.29, 1.82) is 0 Å². The number of ether oxygens (including phenoxy) is 1. The Labute approximate surface area is 177 Å². The van der Waals surface area contributed by atoms with Gasteiger partial charge in [-0.2, -0.15) is 0 Å². The van der Waals surface area contributed by atoms with Gasteiger partial charge in [0.2, 0.25) is 15.9 Å². The van der Waals surface area contributed by atoms with Crippen LogP contribution >= 0.6 is 0 Å². The highest BCUT2D eigenvalue weighted by Crippen LogP contribution is 2.64. The number of rotatable bonds is 5. The van der Waals surface area contributed by atoms with Crippen LogP contribution in [0.2, 0.25) is 0 Å². The molecule has 0 radical (unpaired) electrons. The van der Waals surface area contributed by atoms with Crippen molar-refractivity contribution in [1.82, 2.24) is 0 Å². The monoisotopic (exact) mass is 429 g/mol. The van der Waals surface area contributed by atoms with Gasteiger partial charge in [0, 0.05) is 30.4 Å². The van der Waals surface area contributed by atoms with Crippen molar-refractivity contribution in [3.05, 3.63) is 54.1 Å². The highest BCUT2D eigenvalue weighted by atomic mass is 32.2. The predicted octanol–water partition coefficient (Wildman–Crippen LogP) is 2.55. The molecular formula is C22H27N3O4S. The molecule has 2 fully saturated rings. The van der Waals surface area contributed by atoms with Gasteiger partial charge in [-0.15, -0.1) is 0 Å².